The van der Waals surface area contributed by atoms with E-state index < -0.39 is 12.0 Å². The number of nitrogens with one attached hydrogen (secondary N) is 1. The summed E-state index contributed by atoms with van der Waals surface area (Å²) in [7, 11) is 0. The van der Waals surface area contributed by atoms with Crippen molar-refractivity contribution < 1.29 is 9.90 Å². The van der Waals surface area contributed by atoms with Gasteiger partial charge < -0.3 is 10.4 Å². The highest BCUT2D eigenvalue weighted by Gasteiger charge is 2.17. The molecule has 0 heterocycles. The molecule has 88 valence electrons. The molecular formula is C12H23NO2. The van der Waals surface area contributed by atoms with E-state index in [-0.39, 0.29) is 0 Å². The predicted molar refractivity (Wildman–Crippen MR) is 60.9 cm³/mol. The standard InChI is InChI=1S/C12H23NO2/c1-9(13-10(2)12(14)15)7-8-11-5-3-4-6-11/h9-11,13H,3-8H2,1-2H3,(H,14,15). The quantitative estimate of drug-likeness (QED) is 0.712. The SMILES string of the molecule is CC(CCC1CCCC1)NC(C)C(=O)O. The van der Waals surface area contributed by atoms with Crippen molar-refractivity contribution in [3.63, 3.8) is 0 Å². The van der Waals surface area contributed by atoms with E-state index in [9.17, 15) is 4.79 Å². The summed E-state index contributed by atoms with van der Waals surface area (Å²) in [6.45, 7) is 3.78. The fraction of sp³-hybridized carbons (Fsp3) is 0.917. The maximum absolute atomic E-state index is 10.6. The molecule has 2 atom stereocenters. The second-order valence-electron chi connectivity index (χ2n) is 4.86. The van der Waals surface area contributed by atoms with E-state index in [0.29, 0.717) is 6.04 Å². The summed E-state index contributed by atoms with van der Waals surface area (Å²) in [5.74, 6) is 0.136. The third-order valence-corrected chi connectivity index (χ3v) is 3.39. The van der Waals surface area contributed by atoms with Crippen LogP contribution in [0.15, 0.2) is 0 Å². The molecule has 3 nitrogen and oxygen atoms in total. The van der Waals surface area contributed by atoms with E-state index in [4.69, 9.17) is 5.11 Å². The third-order valence-electron chi connectivity index (χ3n) is 3.39. The van der Waals surface area contributed by atoms with Gasteiger partial charge in [-0.1, -0.05) is 25.7 Å². The number of carbonyl (C=O) groups is 1. The van der Waals surface area contributed by atoms with Crippen LogP contribution in [-0.4, -0.2) is 23.2 Å². The zero-order valence-electron chi connectivity index (χ0n) is 9.83. The molecule has 0 aromatic heterocycles. The van der Waals surface area contributed by atoms with Gasteiger partial charge in [-0.25, -0.2) is 0 Å². The summed E-state index contributed by atoms with van der Waals surface area (Å²) in [4.78, 5) is 10.6. The van der Waals surface area contributed by atoms with Crippen LogP contribution >= 0.6 is 0 Å². The molecule has 0 aromatic carbocycles. The number of rotatable bonds is 6. The third kappa shape index (κ3) is 4.65. The van der Waals surface area contributed by atoms with Gasteiger partial charge in [-0.15, -0.1) is 0 Å². The van der Waals surface area contributed by atoms with E-state index >= 15 is 0 Å². The fourth-order valence-corrected chi connectivity index (χ4v) is 2.37. The van der Waals surface area contributed by atoms with Crippen LogP contribution < -0.4 is 5.32 Å². The van der Waals surface area contributed by atoms with E-state index in [2.05, 4.69) is 12.2 Å². The van der Waals surface area contributed by atoms with Crippen molar-refractivity contribution in [3.05, 3.63) is 0 Å². The van der Waals surface area contributed by atoms with Crippen LogP contribution in [0.2, 0.25) is 0 Å². The number of carboxylic acid groups (broad SMARTS) is 1. The molecular weight excluding hydrogens is 190 g/mol. The van der Waals surface area contributed by atoms with Crippen LogP contribution in [0.4, 0.5) is 0 Å². The van der Waals surface area contributed by atoms with Gasteiger partial charge in [0.2, 0.25) is 0 Å². The Morgan fingerprint density at radius 2 is 2.00 bits per heavy atom. The molecule has 1 aliphatic rings. The number of hydrogen-bond acceptors (Lipinski definition) is 2. The molecule has 3 heteroatoms. The van der Waals surface area contributed by atoms with Gasteiger partial charge in [0.1, 0.15) is 6.04 Å². The van der Waals surface area contributed by atoms with Gasteiger partial charge in [-0.3, -0.25) is 4.79 Å². The van der Waals surface area contributed by atoms with Crippen molar-refractivity contribution in [2.45, 2.75) is 64.5 Å². The molecule has 1 rings (SSSR count). The van der Waals surface area contributed by atoms with Gasteiger partial charge >= 0.3 is 5.97 Å². The molecule has 0 amide bonds. The summed E-state index contributed by atoms with van der Waals surface area (Å²) in [6.07, 6.45) is 7.88. The Kier molecular flexibility index (Phi) is 5.09. The van der Waals surface area contributed by atoms with E-state index in [0.717, 1.165) is 12.3 Å². The van der Waals surface area contributed by atoms with E-state index in [1.807, 2.05) is 0 Å². The molecule has 1 aliphatic carbocycles. The van der Waals surface area contributed by atoms with Crippen molar-refractivity contribution in [3.8, 4) is 0 Å². The molecule has 2 N–H and O–H groups in total. The molecule has 1 saturated carbocycles. The van der Waals surface area contributed by atoms with Crippen molar-refractivity contribution >= 4 is 5.97 Å². The van der Waals surface area contributed by atoms with Crippen LogP contribution in [0.3, 0.4) is 0 Å². The van der Waals surface area contributed by atoms with Gasteiger partial charge in [0.25, 0.3) is 0 Å². The largest absolute Gasteiger partial charge is 0.480 e. The van der Waals surface area contributed by atoms with Gasteiger partial charge in [0.05, 0.1) is 0 Å². The topological polar surface area (TPSA) is 49.3 Å². The first-order chi connectivity index (χ1) is 7.09. The molecule has 0 aliphatic heterocycles. The number of hydrogen-bond donors (Lipinski definition) is 2. The average molecular weight is 213 g/mol. The summed E-state index contributed by atoms with van der Waals surface area (Å²) >= 11 is 0. The van der Waals surface area contributed by atoms with Crippen molar-refractivity contribution in [2.24, 2.45) is 5.92 Å². The molecule has 2 unspecified atom stereocenters. The first kappa shape index (κ1) is 12.5. The van der Waals surface area contributed by atoms with Crippen LogP contribution in [0.25, 0.3) is 0 Å². The zero-order chi connectivity index (χ0) is 11.3. The van der Waals surface area contributed by atoms with Crippen LogP contribution in [0.5, 0.6) is 0 Å². The Morgan fingerprint density at radius 3 is 2.53 bits per heavy atom. The molecule has 0 aromatic rings. The number of aliphatic carboxylic acids is 1. The molecule has 0 bridgehead atoms. The molecule has 15 heavy (non-hydrogen) atoms. The highest BCUT2D eigenvalue weighted by molar-refractivity contribution is 5.72. The second-order valence-corrected chi connectivity index (χ2v) is 4.86. The lowest BCUT2D eigenvalue weighted by atomic mass is 9.99. The first-order valence-corrected chi connectivity index (χ1v) is 6.08. The Balaban J connectivity index is 2.12. The normalized spacial score (nSPS) is 21.5. The monoisotopic (exact) mass is 213 g/mol. The molecule has 1 fully saturated rings. The van der Waals surface area contributed by atoms with Crippen molar-refractivity contribution in [2.75, 3.05) is 0 Å². The Morgan fingerprint density at radius 1 is 1.40 bits per heavy atom. The first-order valence-electron chi connectivity index (χ1n) is 6.08. The van der Waals surface area contributed by atoms with Gasteiger partial charge in [-0.05, 0) is 32.6 Å². The minimum absolute atomic E-state index is 0.316. The Hall–Kier alpha value is -0.570. The summed E-state index contributed by atoms with van der Waals surface area (Å²) in [5, 5.41) is 11.9. The summed E-state index contributed by atoms with van der Waals surface area (Å²) in [6, 6.07) is -0.111. The summed E-state index contributed by atoms with van der Waals surface area (Å²) < 4.78 is 0. The molecule has 0 saturated heterocycles. The Bertz CT molecular complexity index is 200. The predicted octanol–water partition coefficient (Wildman–Crippen LogP) is 2.41. The maximum Gasteiger partial charge on any atom is 0.320 e. The van der Waals surface area contributed by atoms with Crippen molar-refractivity contribution in [1.82, 2.24) is 5.32 Å². The van der Waals surface area contributed by atoms with Crippen LogP contribution in [0, 0.1) is 5.92 Å². The summed E-state index contributed by atoms with van der Waals surface area (Å²) in [5.41, 5.74) is 0. The minimum atomic E-state index is -0.761. The van der Waals surface area contributed by atoms with Gasteiger partial charge in [0, 0.05) is 6.04 Å². The smallest absolute Gasteiger partial charge is 0.320 e. The highest BCUT2D eigenvalue weighted by atomic mass is 16.4. The maximum atomic E-state index is 10.6. The van der Waals surface area contributed by atoms with Crippen molar-refractivity contribution in [1.29, 1.82) is 0 Å². The second kappa shape index (κ2) is 6.11. The fourth-order valence-electron chi connectivity index (χ4n) is 2.37. The van der Waals surface area contributed by atoms with Crippen LogP contribution in [0.1, 0.15) is 52.4 Å². The minimum Gasteiger partial charge on any atom is -0.480 e. The number of carboxylic acids is 1. The van der Waals surface area contributed by atoms with Gasteiger partial charge in [-0.2, -0.15) is 0 Å². The van der Waals surface area contributed by atoms with Crippen LogP contribution in [-0.2, 0) is 4.79 Å². The lowest BCUT2D eigenvalue weighted by molar-refractivity contribution is -0.139. The average Bonchev–Trinajstić information content (AvgIpc) is 2.66. The lowest BCUT2D eigenvalue weighted by Crippen LogP contribution is -2.39. The van der Waals surface area contributed by atoms with E-state index in [1.165, 1.54) is 32.1 Å². The molecule has 0 radical (unpaired) electrons. The Labute approximate surface area is 92.3 Å². The zero-order valence-corrected chi connectivity index (χ0v) is 9.83. The van der Waals surface area contributed by atoms with E-state index in [1.54, 1.807) is 6.92 Å². The highest BCUT2D eigenvalue weighted by Crippen LogP contribution is 2.28. The molecule has 0 spiro atoms. The lowest BCUT2D eigenvalue weighted by Gasteiger charge is -2.18. The van der Waals surface area contributed by atoms with Gasteiger partial charge in [0.15, 0.2) is 0 Å².